The molecule has 1 heterocycles. The Labute approximate surface area is 63.3 Å². The van der Waals surface area contributed by atoms with E-state index >= 15 is 0 Å². The molecule has 0 saturated carbocycles. The Hall–Kier alpha value is -1.26. The highest BCUT2D eigenvalue weighted by atomic mass is 16.6. The van der Waals surface area contributed by atoms with Gasteiger partial charge < -0.3 is 15.2 Å². The van der Waals surface area contributed by atoms with E-state index in [4.69, 9.17) is 5.11 Å². The van der Waals surface area contributed by atoms with Crippen LogP contribution in [0.1, 0.15) is 13.8 Å². The first-order valence-electron chi connectivity index (χ1n) is 3.19. The van der Waals surface area contributed by atoms with Crippen LogP contribution < -0.4 is 5.32 Å². The molecule has 0 aromatic heterocycles. The standard InChI is InChI=1S/C6H9NO4/c1-3-6(2,4(8)9)7-5(10)11-3/h3H,1-2H3,(H,7,10)(H,8,9)/t3-,6-/m1/s1. The highest BCUT2D eigenvalue weighted by molar-refractivity contribution is 5.87. The van der Waals surface area contributed by atoms with Crippen LogP contribution in [0, 0.1) is 0 Å². The van der Waals surface area contributed by atoms with Gasteiger partial charge in [0.2, 0.25) is 0 Å². The van der Waals surface area contributed by atoms with E-state index in [-0.39, 0.29) is 0 Å². The van der Waals surface area contributed by atoms with Crippen LogP contribution in [0.25, 0.3) is 0 Å². The summed E-state index contributed by atoms with van der Waals surface area (Å²) in [5.41, 5.74) is -1.28. The fourth-order valence-electron chi connectivity index (χ4n) is 0.849. The number of carboxylic acids is 1. The van der Waals surface area contributed by atoms with E-state index in [1.807, 2.05) is 0 Å². The normalized spacial score (nSPS) is 36.2. The van der Waals surface area contributed by atoms with Crippen molar-refractivity contribution >= 4 is 12.1 Å². The van der Waals surface area contributed by atoms with Crippen molar-refractivity contribution in [2.24, 2.45) is 0 Å². The molecule has 0 unspecified atom stereocenters. The Bertz CT molecular complexity index is 215. The van der Waals surface area contributed by atoms with Gasteiger partial charge >= 0.3 is 12.1 Å². The van der Waals surface area contributed by atoms with Crippen molar-refractivity contribution < 1.29 is 19.4 Å². The number of amides is 1. The number of aliphatic carboxylic acids is 1. The molecule has 5 heteroatoms. The van der Waals surface area contributed by atoms with Crippen LogP contribution in [0.15, 0.2) is 0 Å². The summed E-state index contributed by atoms with van der Waals surface area (Å²) in [5.74, 6) is -1.09. The van der Waals surface area contributed by atoms with Crippen molar-refractivity contribution in [1.29, 1.82) is 0 Å². The van der Waals surface area contributed by atoms with E-state index in [2.05, 4.69) is 10.1 Å². The third-order valence-corrected chi connectivity index (χ3v) is 1.90. The first kappa shape index (κ1) is 7.84. The molecule has 0 spiro atoms. The maximum absolute atomic E-state index is 10.6. The van der Waals surface area contributed by atoms with Gasteiger partial charge in [-0.2, -0.15) is 0 Å². The molecule has 0 aliphatic carbocycles. The lowest BCUT2D eigenvalue weighted by atomic mass is 9.98. The second kappa shape index (κ2) is 2.11. The average Bonchev–Trinajstić information content (AvgIpc) is 2.08. The smallest absolute Gasteiger partial charge is 0.408 e. The summed E-state index contributed by atoms with van der Waals surface area (Å²) in [6.45, 7) is 2.94. The van der Waals surface area contributed by atoms with Gasteiger partial charge in [0.05, 0.1) is 0 Å². The third-order valence-electron chi connectivity index (χ3n) is 1.90. The zero-order chi connectivity index (χ0) is 8.65. The topological polar surface area (TPSA) is 75.6 Å². The Morgan fingerprint density at radius 3 is 2.55 bits per heavy atom. The van der Waals surface area contributed by atoms with E-state index < -0.39 is 23.7 Å². The molecule has 1 rings (SSSR count). The lowest BCUT2D eigenvalue weighted by molar-refractivity contribution is -0.145. The molecule has 0 aromatic rings. The molecule has 0 aromatic carbocycles. The zero-order valence-corrected chi connectivity index (χ0v) is 6.25. The van der Waals surface area contributed by atoms with Crippen LogP contribution in [-0.2, 0) is 9.53 Å². The van der Waals surface area contributed by atoms with Crippen molar-refractivity contribution in [1.82, 2.24) is 5.32 Å². The van der Waals surface area contributed by atoms with Crippen LogP contribution in [0.3, 0.4) is 0 Å². The van der Waals surface area contributed by atoms with Gasteiger partial charge in [-0.25, -0.2) is 9.59 Å². The molecule has 0 radical (unpaired) electrons. The number of hydrogen-bond donors (Lipinski definition) is 2. The highest BCUT2D eigenvalue weighted by Crippen LogP contribution is 2.19. The number of cyclic esters (lactones) is 1. The summed E-state index contributed by atoms with van der Waals surface area (Å²) < 4.78 is 4.61. The number of carbonyl (C=O) groups is 2. The van der Waals surface area contributed by atoms with Crippen LogP contribution in [0.5, 0.6) is 0 Å². The molecule has 1 amide bonds. The van der Waals surface area contributed by atoms with E-state index in [0.29, 0.717) is 0 Å². The molecular formula is C6H9NO4. The van der Waals surface area contributed by atoms with Gasteiger partial charge in [0.15, 0.2) is 5.54 Å². The Kier molecular flexibility index (Phi) is 1.51. The minimum atomic E-state index is -1.28. The average molecular weight is 159 g/mol. The summed E-state index contributed by atoms with van der Waals surface area (Å²) >= 11 is 0. The van der Waals surface area contributed by atoms with Crippen molar-refractivity contribution in [3.8, 4) is 0 Å². The number of alkyl carbamates (subject to hydrolysis) is 1. The number of ether oxygens (including phenoxy) is 1. The van der Waals surface area contributed by atoms with E-state index in [1.54, 1.807) is 0 Å². The fourth-order valence-corrected chi connectivity index (χ4v) is 0.849. The molecule has 1 saturated heterocycles. The van der Waals surface area contributed by atoms with Crippen LogP contribution in [0.2, 0.25) is 0 Å². The molecule has 0 bridgehead atoms. The number of carboxylic acid groups (broad SMARTS) is 1. The van der Waals surface area contributed by atoms with Gasteiger partial charge in [-0.05, 0) is 13.8 Å². The van der Waals surface area contributed by atoms with Crippen LogP contribution in [0.4, 0.5) is 4.79 Å². The van der Waals surface area contributed by atoms with E-state index in [9.17, 15) is 9.59 Å². The Morgan fingerprint density at radius 2 is 2.36 bits per heavy atom. The third kappa shape index (κ3) is 1.02. The van der Waals surface area contributed by atoms with Crippen molar-refractivity contribution in [3.63, 3.8) is 0 Å². The first-order chi connectivity index (χ1) is 4.97. The van der Waals surface area contributed by atoms with Crippen molar-refractivity contribution in [3.05, 3.63) is 0 Å². The van der Waals surface area contributed by atoms with Gasteiger partial charge in [-0.3, -0.25) is 0 Å². The van der Waals surface area contributed by atoms with Crippen LogP contribution in [-0.4, -0.2) is 28.8 Å². The quantitative estimate of drug-likeness (QED) is 0.562. The minimum Gasteiger partial charge on any atom is -0.479 e. The maximum atomic E-state index is 10.6. The van der Waals surface area contributed by atoms with E-state index in [0.717, 1.165) is 0 Å². The Balaban J connectivity index is 2.87. The molecule has 1 fully saturated rings. The summed E-state index contributed by atoms with van der Waals surface area (Å²) in [6.07, 6.45) is -1.31. The van der Waals surface area contributed by atoms with Gasteiger partial charge in [-0.15, -0.1) is 0 Å². The second-order valence-corrected chi connectivity index (χ2v) is 2.68. The minimum absolute atomic E-state index is 0.632. The van der Waals surface area contributed by atoms with Crippen molar-refractivity contribution in [2.75, 3.05) is 0 Å². The zero-order valence-electron chi connectivity index (χ0n) is 6.25. The predicted molar refractivity (Wildman–Crippen MR) is 35.1 cm³/mol. The summed E-state index contributed by atoms with van der Waals surface area (Å²) in [7, 11) is 0. The number of hydrogen-bond acceptors (Lipinski definition) is 3. The summed E-state index contributed by atoms with van der Waals surface area (Å²) in [5, 5.41) is 10.9. The number of nitrogens with one attached hydrogen (secondary N) is 1. The number of carbonyl (C=O) groups excluding carboxylic acids is 1. The molecule has 2 atom stereocenters. The first-order valence-corrected chi connectivity index (χ1v) is 3.19. The molecule has 11 heavy (non-hydrogen) atoms. The maximum Gasteiger partial charge on any atom is 0.408 e. The molecule has 1 aliphatic heterocycles. The SMILES string of the molecule is C[C@H]1OC(=O)N[C@@]1(C)C(=O)O. The lowest BCUT2D eigenvalue weighted by Gasteiger charge is -2.19. The monoisotopic (exact) mass is 159 g/mol. The summed E-state index contributed by atoms with van der Waals surface area (Å²) in [6, 6.07) is 0. The van der Waals surface area contributed by atoms with Gasteiger partial charge in [0, 0.05) is 0 Å². The predicted octanol–water partition coefficient (Wildman–Crippen LogP) is -0.0420. The van der Waals surface area contributed by atoms with Crippen LogP contribution >= 0.6 is 0 Å². The van der Waals surface area contributed by atoms with E-state index in [1.165, 1.54) is 13.8 Å². The molecule has 5 nitrogen and oxygen atoms in total. The Morgan fingerprint density at radius 1 is 1.82 bits per heavy atom. The van der Waals surface area contributed by atoms with Gasteiger partial charge in [0.1, 0.15) is 6.10 Å². The van der Waals surface area contributed by atoms with Gasteiger partial charge in [-0.1, -0.05) is 0 Å². The van der Waals surface area contributed by atoms with Crippen molar-refractivity contribution in [2.45, 2.75) is 25.5 Å². The fraction of sp³-hybridized carbons (Fsp3) is 0.667. The molecule has 2 N–H and O–H groups in total. The summed E-state index contributed by atoms with van der Waals surface area (Å²) in [4.78, 5) is 21.2. The number of rotatable bonds is 1. The molecular weight excluding hydrogens is 150 g/mol. The largest absolute Gasteiger partial charge is 0.479 e. The lowest BCUT2D eigenvalue weighted by Crippen LogP contribution is -2.51. The second-order valence-electron chi connectivity index (χ2n) is 2.68. The van der Waals surface area contributed by atoms with Gasteiger partial charge in [0.25, 0.3) is 0 Å². The molecule has 1 aliphatic rings. The highest BCUT2D eigenvalue weighted by Gasteiger charge is 2.48. The molecule has 62 valence electrons.